The lowest BCUT2D eigenvalue weighted by atomic mass is 10.3. The van der Waals surface area contributed by atoms with E-state index in [0.717, 1.165) is 0 Å². The van der Waals surface area contributed by atoms with Crippen LogP contribution in [0.3, 0.4) is 0 Å². The Balaban J connectivity index is 2.84. The van der Waals surface area contributed by atoms with E-state index in [9.17, 15) is 8.42 Å². The summed E-state index contributed by atoms with van der Waals surface area (Å²) < 4.78 is 33.9. The Labute approximate surface area is 81.8 Å². The first kappa shape index (κ1) is 10.7. The molecular weight excluding hydrogens is 206 g/mol. The lowest BCUT2D eigenvalue weighted by Crippen LogP contribution is -1.90. The monoisotopic (exact) mass is 215 g/mol. The molecule has 0 atom stereocenters. The van der Waals surface area contributed by atoms with E-state index in [-0.39, 0.29) is 0 Å². The predicted octanol–water partition coefficient (Wildman–Crippen LogP) is 0.949. The summed E-state index contributed by atoms with van der Waals surface area (Å²) >= 11 is 0. The number of pyridine rings is 1. The Morgan fingerprint density at radius 3 is 2.64 bits per heavy atom. The zero-order valence-corrected chi connectivity index (χ0v) is 8.23. The van der Waals surface area contributed by atoms with Crippen LogP contribution in [0.2, 0.25) is 0 Å². The normalized spacial score (nSPS) is 11.9. The van der Waals surface area contributed by atoms with Gasteiger partial charge in [-0.15, -0.1) is 0 Å². The van der Waals surface area contributed by atoms with E-state index in [1.54, 1.807) is 12.1 Å². The van der Waals surface area contributed by atoms with Crippen molar-refractivity contribution in [1.29, 1.82) is 0 Å². The predicted molar refractivity (Wildman–Crippen MR) is 51.4 cm³/mol. The third kappa shape index (κ3) is 3.55. The van der Waals surface area contributed by atoms with Gasteiger partial charge in [-0.1, -0.05) is 0 Å². The molecular formula is C8H9NO4S. The van der Waals surface area contributed by atoms with Crippen LogP contribution in [0, 0.1) is 0 Å². The van der Waals surface area contributed by atoms with Crippen molar-refractivity contribution < 1.29 is 17.7 Å². The Hall–Kier alpha value is -1.40. The summed E-state index contributed by atoms with van der Waals surface area (Å²) in [5, 5.41) is 0.691. The largest absolute Gasteiger partial charge is 0.481 e. The van der Waals surface area contributed by atoms with E-state index >= 15 is 0 Å². The van der Waals surface area contributed by atoms with Crippen LogP contribution in [0.25, 0.3) is 6.08 Å². The summed E-state index contributed by atoms with van der Waals surface area (Å²) in [5.74, 6) is 0.439. The Kier molecular flexibility index (Phi) is 3.21. The van der Waals surface area contributed by atoms with Crippen LogP contribution in [0.4, 0.5) is 0 Å². The number of rotatable bonds is 3. The molecule has 0 amide bonds. The molecule has 0 aliphatic heterocycles. The van der Waals surface area contributed by atoms with E-state index in [0.29, 0.717) is 16.9 Å². The van der Waals surface area contributed by atoms with Crippen molar-refractivity contribution >= 4 is 16.2 Å². The lowest BCUT2D eigenvalue weighted by Gasteiger charge is -1.97. The molecule has 1 rings (SSSR count). The van der Waals surface area contributed by atoms with Gasteiger partial charge in [-0.25, -0.2) is 4.98 Å². The van der Waals surface area contributed by atoms with Crippen LogP contribution in [-0.2, 0) is 10.1 Å². The summed E-state index contributed by atoms with van der Waals surface area (Å²) in [7, 11) is -2.60. The molecule has 5 nitrogen and oxygen atoms in total. The van der Waals surface area contributed by atoms with Crippen molar-refractivity contribution in [2.45, 2.75) is 0 Å². The topological polar surface area (TPSA) is 76.5 Å². The van der Waals surface area contributed by atoms with E-state index in [1.807, 2.05) is 0 Å². The van der Waals surface area contributed by atoms with E-state index < -0.39 is 10.1 Å². The first-order chi connectivity index (χ1) is 6.51. The van der Waals surface area contributed by atoms with Crippen molar-refractivity contribution in [3.05, 3.63) is 29.3 Å². The second-order valence-corrected chi connectivity index (χ2v) is 3.75. The Morgan fingerprint density at radius 2 is 2.21 bits per heavy atom. The van der Waals surface area contributed by atoms with Crippen LogP contribution >= 0.6 is 0 Å². The molecule has 0 spiro atoms. The first-order valence-electron chi connectivity index (χ1n) is 3.67. The fourth-order valence-corrected chi connectivity index (χ4v) is 1.10. The number of nitrogens with zero attached hydrogens (tertiary/aromatic N) is 1. The number of ether oxygens (including phenoxy) is 1. The summed E-state index contributed by atoms with van der Waals surface area (Å²) in [6.07, 6.45) is 2.67. The zero-order chi connectivity index (χ0) is 10.6. The second kappa shape index (κ2) is 4.21. The minimum atomic E-state index is -4.08. The molecule has 1 aromatic heterocycles. The number of hydrogen-bond donors (Lipinski definition) is 1. The summed E-state index contributed by atoms with van der Waals surface area (Å²) in [6, 6.07) is 3.21. The zero-order valence-electron chi connectivity index (χ0n) is 7.41. The molecule has 0 bridgehead atoms. The molecule has 0 saturated heterocycles. The second-order valence-electron chi connectivity index (χ2n) is 2.45. The van der Waals surface area contributed by atoms with Crippen molar-refractivity contribution in [2.24, 2.45) is 0 Å². The highest BCUT2D eigenvalue weighted by Gasteiger charge is 1.96. The average molecular weight is 215 g/mol. The van der Waals surface area contributed by atoms with Crippen LogP contribution in [0.1, 0.15) is 5.56 Å². The van der Waals surface area contributed by atoms with Gasteiger partial charge in [0.1, 0.15) is 0 Å². The summed E-state index contributed by atoms with van der Waals surface area (Å²) in [4.78, 5) is 3.85. The Morgan fingerprint density at radius 1 is 1.50 bits per heavy atom. The van der Waals surface area contributed by atoms with Crippen LogP contribution in [0.5, 0.6) is 5.88 Å². The quantitative estimate of drug-likeness (QED) is 0.759. The molecule has 0 saturated carbocycles. The maximum absolute atomic E-state index is 10.4. The van der Waals surface area contributed by atoms with E-state index in [2.05, 4.69) is 4.98 Å². The van der Waals surface area contributed by atoms with Gasteiger partial charge in [-0.2, -0.15) is 8.42 Å². The lowest BCUT2D eigenvalue weighted by molar-refractivity contribution is 0.398. The van der Waals surface area contributed by atoms with Gasteiger partial charge in [0, 0.05) is 12.3 Å². The number of aromatic nitrogens is 1. The molecule has 6 heteroatoms. The SMILES string of the molecule is COc1ccc(/C=C/S(=O)(=O)O)cn1. The third-order valence-electron chi connectivity index (χ3n) is 1.40. The summed E-state index contributed by atoms with van der Waals surface area (Å²) in [6.45, 7) is 0. The van der Waals surface area contributed by atoms with Gasteiger partial charge in [-0.3, -0.25) is 4.55 Å². The standard InChI is InChI=1S/C8H9NO4S/c1-13-8-3-2-7(6-9-8)4-5-14(10,11)12/h2-6H,1H3,(H,10,11,12)/b5-4+. The molecule has 1 heterocycles. The van der Waals surface area contributed by atoms with Gasteiger partial charge in [0.15, 0.2) is 0 Å². The molecule has 0 aliphatic carbocycles. The van der Waals surface area contributed by atoms with E-state index in [1.165, 1.54) is 19.4 Å². The third-order valence-corrected chi connectivity index (χ3v) is 1.88. The molecule has 0 aromatic carbocycles. The van der Waals surface area contributed by atoms with Crippen LogP contribution in [0.15, 0.2) is 23.7 Å². The minimum Gasteiger partial charge on any atom is -0.481 e. The highest BCUT2D eigenvalue weighted by molar-refractivity contribution is 7.88. The average Bonchev–Trinajstić information content (AvgIpc) is 2.14. The molecule has 1 N–H and O–H groups in total. The first-order valence-corrected chi connectivity index (χ1v) is 5.17. The van der Waals surface area contributed by atoms with Gasteiger partial charge >= 0.3 is 0 Å². The number of hydrogen-bond acceptors (Lipinski definition) is 4. The molecule has 1 aromatic rings. The maximum atomic E-state index is 10.4. The molecule has 0 radical (unpaired) electrons. The fourth-order valence-electron chi connectivity index (χ4n) is 0.776. The Bertz CT molecular complexity index is 421. The van der Waals surface area contributed by atoms with Gasteiger partial charge < -0.3 is 4.74 Å². The molecule has 0 unspecified atom stereocenters. The minimum absolute atomic E-state index is 0.439. The highest BCUT2D eigenvalue weighted by atomic mass is 32.2. The molecule has 14 heavy (non-hydrogen) atoms. The van der Waals surface area contributed by atoms with Gasteiger partial charge in [0.2, 0.25) is 5.88 Å². The van der Waals surface area contributed by atoms with Crippen molar-refractivity contribution in [3.8, 4) is 5.88 Å². The van der Waals surface area contributed by atoms with Crippen molar-refractivity contribution in [3.63, 3.8) is 0 Å². The fraction of sp³-hybridized carbons (Fsp3) is 0.125. The highest BCUT2D eigenvalue weighted by Crippen LogP contribution is 2.08. The van der Waals surface area contributed by atoms with Crippen LogP contribution in [-0.4, -0.2) is 25.1 Å². The van der Waals surface area contributed by atoms with Gasteiger partial charge in [0.05, 0.1) is 12.5 Å². The van der Waals surface area contributed by atoms with Crippen molar-refractivity contribution in [2.75, 3.05) is 7.11 Å². The van der Waals surface area contributed by atoms with Crippen LogP contribution < -0.4 is 4.74 Å². The molecule has 0 fully saturated rings. The van der Waals surface area contributed by atoms with E-state index in [4.69, 9.17) is 9.29 Å². The van der Waals surface area contributed by atoms with Crippen molar-refractivity contribution in [1.82, 2.24) is 4.98 Å². The maximum Gasteiger partial charge on any atom is 0.287 e. The summed E-state index contributed by atoms with van der Waals surface area (Å²) in [5.41, 5.74) is 0.559. The molecule has 0 aliphatic rings. The van der Waals surface area contributed by atoms with Gasteiger partial charge in [-0.05, 0) is 17.7 Å². The molecule has 76 valence electrons. The van der Waals surface area contributed by atoms with Gasteiger partial charge in [0.25, 0.3) is 10.1 Å². The smallest absolute Gasteiger partial charge is 0.287 e. The number of methoxy groups -OCH3 is 1.